The Morgan fingerprint density at radius 3 is 3.00 bits per heavy atom. The van der Waals surface area contributed by atoms with Crippen molar-refractivity contribution in [2.45, 2.75) is 13.0 Å². The first-order chi connectivity index (χ1) is 9.54. The van der Waals surface area contributed by atoms with Gasteiger partial charge >= 0.3 is 6.09 Å². The Kier molecular flexibility index (Phi) is 2.89. The Morgan fingerprint density at radius 2 is 2.30 bits per heavy atom. The van der Waals surface area contributed by atoms with E-state index in [2.05, 4.69) is 14.9 Å². The van der Waals surface area contributed by atoms with Crippen molar-refractivity contribution in [2.75, 3.05) is 30.3 Å². The maximum atomic E-state index is 11.0. The molecule has 2 aromatic rings. The van der Waals surface area contributed by atoms with Gasteiger partial charge in [0.1, 0.15) is 0 Å². The fourth-order valence-corrected chi connectivity index (χ4v) is 2.71. The molecule has 0 aliphatic carbocycles. The summed E-state index contributed by atoms with van der Waals surface area (Å²) in [5.74, 6) is 0.404. The second kappa shape index (κ2) is 4.59. The van der Waals surface area contributed by atoms with Crippen molar-refractivity contribution < 1.29 is 9.90 Å². The number of hydrogen-bond acceptors (Lipinski definition) is 4. The lowest BCUT2D eigenvalue weighted by Crippen LogP contribution is -2.53. The molecule has 0 spiro atoms. The van der Waals surface area contributed by atoms with Gasteiger partial charge in [0.15, 0.2) is 5.95 Å². The predicted molar refractivity (Wildman–Crippen MR) is 76.9 cm³/mol. The van der Waals surface area contributed by atoms with E-state index in [9.17, 15) is 4.79 Å². The van der Waals surface area contributed by atoms with Gasteiger partial charge in [0.2, 0.25) is 0 Å². The van der Waals surface area contributed by atoms with Crippen LogP contribution in [0.4, 0.5) is 16.4 Å². The van der Waals surface area contributed by atoms with Gasteiger partial charge in [-0.15, -0.1) is 0 Å². The van der Waals surface area contributed by atoms with Crippen molar-refractivity contribution in [1.82, 2.24) is 14.9 Å². The van der Waals surface area contributed by atoms with Crippen LogP contribution in [0.2, 0.25) is 0 Å². The van der Waals surface area contributed by atoms with Gasteiger partial charge in [-0.1, -0.05) is 0 Å². The first-order valence-electron chi connectivity index (χ1n) is 6.54. The number of anilines is 2. The molecule has 1 fully saturated rings. The van der Waals surface area contributed by atoms with Crippen molar-refractivity contribution in [3.05, 3.63) is 18.2 Å². The Labute approximate surface area is 116 Å². The summed E-state index contributed by atoms with van der Waals surface area (Å²) >= 11 is 0. The Hall–Kier alpha value is -2.44. The third-order valence-electron chi connectivity index (χ3n) is 3.71. The molecule has 0 bridgehead atoms. The Morgan fingerprint density at radius 1 is 1.50 bits per heavy atom. The van der Waals surface area contributed by atoms with E-state index in [-0.39, 0.29) is 6.04 Å². The number of nitrogens with zero attached hydrogens (tertiary/aromatic N) is 3. The molecule has 2 heterocycles. The summed E-state index contributed by atoms with van der Waals surface area (Å²) in [5.41, 5.74) is 8.43. The topological polar surface area (TPSA) is 98.5 Å². The minimum atomic E-state index is -0.853. The first-order valence-corrected chi connectivity index (χ1v) is 6.54. The summed E-state index contributed by atoms with van der Waals surface area (Å²) in [5, 5.41) is 9.04. The van der Waals surface area contributed by atoms with Crippen molar-refractivity contribution in [3.8, 4) is 0 Å². The molecule has 0 saturated carbocycles. The van der Waals surface area contributed by atoms with E-state index in [1.165, 1.54) is 4.90 Å². The van der Waals surface area contributed by atoms with Crippen LogP contribution in [0, 0.1) is 0 Å². The van der Waals surface area contributed by atoms with Gasteiger partial charge in [-0.25, -0.2) is 9.78 Å². The Bertz CT molecular complexity index is 653. The van der Waals surface area contributed by atoms with Crippen LogP contribution in [-0.4, -0.2) is 51.7 Å². The van der Waals surface area contributed by atoms with Gasteiger partial charge in [0, 0.05) is 31.4 Å². The van der Waals surface area contributed by atoms with E-state index in [1.807, 2.05) is 25.1 Å². The van der Waals surface area contributed by atoms with Gasteiger partial charge in [0.05, 0.1) is 11.0 Å². The summed E-state index contributed by atoms with van der Waals surface area (Å²) < 4.78 is 0. The number of aromatic amines is 1. The van der Waals surface area contributed by atoms with Gasteiger partial charge in [-0.2, -0.15) is 0 Å². The highest BCUT2D eigenvalue weighted by Gasteiger charge is 2.26. The molecular weight excluding hydrogens is 258 g/mol. The number of benzene rings is 1. The van der Waals surface area contributed by atoms with Crippen LogP contribution in [0.3, 0.4) is 0 Å². The molecule has 1 unspecified atom stereocenters. The largest absolute Gasteiger partial charge is 0.465 e. The molecule has 4 N–H and O–H groups in total. The number of aromatic nitrogens is 2. The lowest BCUT2D eigenvalue weighted by atomic mass is 10.1. The number of hydrogen-bond donors (Lipinski definition) is 3. The number of carboxylic acid groups (broad SMARTS) is 1. The maximum absolute atomic E-state index is 11.0. The monoisotopic (exact) mass is 275 g/mol. The predicted octanol–water partition coefficient (Wildman–Crippen LogP) is 1.33. The number of H-pyrrole nitrogens is 1. The molecule has 1 aliphatic rings. The highest BCUT2D eigenvalue weighted by atomic mass is 16.4. The molecule has 0 radical (unpaired) electrons. The lowest BCUT2D eigenvalue weighted by molar-refractivity contribution is 0.136. The number of amides is 1. The standard InChI is InChI=1S/C13H17N5O2/c1-8-7-17(13(19)20)4-5-18(8)9-2-3-10-11(6-9)16-12(14)15-10/h2-3,6,8H,4-5,7H2,1H3,(H,19,20)(H3,14,15,16). The first kappa shape index (κ1) is 12.6. The van der Waals surface area contributed by atoms with Crippen molar-refractivity contribution in [2.24, 2.45) is 0 Å². The van der Waals surface area contributed by atoms with Crippen LogP contribution in [-0.2, 0) is 0 Å². The van der Waals surface area contributed by atoms with Gasteiger partial charge < -0.3 is 25.6 Å². The zero-order valence-corrected chi connectivity index (χ0v) is 11.2. The zero-order chi connectivity index (χ0) is 14.3. The highest BCUT2D eigenvalue weighted by Crippen LogP contribution is 2.24. The molecule has 1 aliphatic heterocycles. The third kappa shape index (κ3) is 2.11. The summed E-state index contributed by atoms with van der Waals surface area (Å²) in [6, 6.07) is 6.06. The average Bonchev–Trinajstić information content (AvgIpc) is 2.77. The van der Waals surface area contributed by atoms with Gasteiger partial charge in [-0.05, 0) is 25.1 Å². The summed E-state index contributed by atoms with van der Waals surface area (Å²) in [6.07, 6.45) is -0.853. The molecule has 7 nitrogen and oxygen atoms in total. The fourth-order valence-electron chi connectivity index (χ4n) is 2.71. The Balaban J connectivity index is 1.85. The van der Waals surface area contributed by atoms with Crippen molar-refractivity contribution in [1.29, 1.82) is 0 Å². The number of fused-ring (bicyclic) bond motifs is 1. The van der Waals surface area contributed by atoms with Crippen LogP contribution in [0.5, 0.6) is 0 Å². The van der Waals surface area contributed by atoms with E-state index in [1.54, 1.807) is 0 Å². The van der Waals surface area contributed by atoms with Crippen LogP contribution in [0.1, 0.15) is 6.92 Å². The smallest absolute Gasteiger partial charge is 0.407 e. The molecule has 1 amide bonds. The van der Waals surface area contributed by atoms with Crippen molar-refractivity contribution in [3.63, 3.8) is 0 Å². The lowest BCUT2D eigenvalue weighted by Gasteiger charge is -2.40. The van der Waals surface area contributed by atoms with Crippen LogP contribution < -0.4 is 10.6 Å². The average molecular weight is 275 g/mol. The van der Waals surface area contributed by atoms with Gasteiger partial charge in [0.25, 0.3) is 0 Å². The summed E-state index contributed by atoms with van der Waals surface area (Å²) in [4.78, 5) is 21.8. The molecule has 1 aromatic heterocycles. The van der Waals surface area contributed by atoms with Crippen LogP contribution in [0.15, 0.2) is 18.2 Å². The van der Waals surface area contributed by atoms with Gasteiger partial charge in [-0.3, -0.25) is 0 Å². The third-order valence-corrected chi connectivity index (χ3v) is 3.71. The number of nitrogens with two attached hydrogens (primary N) is 1. The second-order valence-corrected chi connectivity index (χ2v) is 5.09. The highest BCUT2D eigenvalue weighted by molar-refractivity contribution is 5.81. The van der Waals surface area contributed by atoms with Crippen LogP contribution >= 0.6 is 0 Å². The summed E-state index contributed by atoms with van der Waals surface area (Å²) in [7, 11) is 0. The molecule has 20 heavy (non-hydrogen) atoms. The molecule has 7 heteroatoms. The van der Waals surface area contributed by atoms with Crippen LogP contribution in [0.25, 0.3) is 11.0 Å². The molecule has 106 valence electrons. The molecule has 1 saturated heterocycles. The van der Waals surface area contributed by atoms with E-state index in [0.717, 1.165) is 16.7 Å². The number of carbonyl (C=O) groups is 1. The number of nitrogen functional groups attached to an aromatic ring is 1. The normalized spacial score (nSPS) is 19.6. The fraction of sp³-hybridized carbons (Fsp3) is 0.385. The second-order valence-electron chi connectivity index (χ2n) is 5.09. The number of nitrogens with one attached hydrogen (secondary N) is 1. The zero-order valence-electron chi connectivity index (χ0n) is 11.2. The molecule has 1 aromatic carbocycles. The van der Waals surface area contributed by atoms with E-state index in [4.69, 9.17) is 10.8 Å². The van der Waals surface area contributed by atoms with Crippen molar-refractivity contribution >= 4 is 28.8 Å². The van der Waals surface area contributed by atoms with E-state index >= 15 is 0 Å². The minimum Gasteiger partial charge on any atom is -0.465 e. The summed E-state index contributed by atoms with van der Waals surface area (Å²) in [6.45, 7) is 3.74. The molecule has 1 atom stereocenters. The van der Waals surface area contributed by atoms with E-state index in [0.29, 0.717) is 25.6 Å². The quantitative estimate of drug-likeness (QED) is 0.729. The number of imidazole rings is 1. The SMILES string of the molecule is CC1CN(C(=O)O)CCN1c1ccc2nc(N)[nH]c2c1. The molecular formula is C13H17N5O2. The number of rotatable bonds is 1. The van der Waals surface area contributed by atoms with E-state index < -0.39 is 6.09 Å². The minimum absolute atomic E-state index is 0.137. The molecule has 3 rings (SSSR count). The maximum Gasteiger partial charge on any atom is 0.407 e. The number of piperazine rings is 1.